The van der Waals surface area contributed by atoms with Crippen LogP contribution in [0, 0.1) is 5.82 Å². The minimum Gasteiger partial charge on any atom is -0.486 e. The fraction of sp³-hybridized carbons (Fsp3) is 0.320. The maximum absolute atomic E-state index is 13.6. The van der Waals surface area contributed by atoms with E-state index in [4.69, 9.17) is 25.8 Å². The normalized spacial score (nSPS) is 15.7. The van der Waals surface area contributed by atoms with Gasteiger partial charge in [-0.25, -0.2) is 14.4 Å². The van der Waals surface area contributed by atoms with Crippen LogP contribution < -0.4 is 15.4 Å². The molecule has 1 amide bonds. The fourth-order valence-corrected chi connectivity index (χ4v) is 3.63. The first kappa shape index (κ1) is 24.8. The quantitative estimate of drug-likeness (QED) is 0.387. The van der Waals surface area contributed by atoms with Crippen LogP contribution in [-0.2, 0) is 14.3 Å². The first-order chi connectivity index (χ1) is 16.9. The number of hydrogen-bond donors (Lipinski definition) is 2. The first-order valence-corrected chi connectivity index (χ1v) is 11.6. The van der Waals surface area contributed by atoms with Gasteiger partial charge >= 0.3 is 0 Å². The van der Waals surface area contributed by atoms with Crippen LogP contribution >= 0.6 is 11.6 Å². The minimum atomic E-state index is -0.515. The van der Waals surface area contributed by atoms with Crippen molar-refractivity contribution in [2.45, 2.75) is 32.5 Å². The standard InChI is InChI=1S/C25H26ClFN4O4/c1-15(2)34-8-3-4-24(32)31-22-11-18-21(12-23(22)35-17-7-9-33-13-17)28-14-29-25(18)30-16-5-6-20(27)19(26)10-16/h3-6,10-12,14-15,17H,7-9,13H2,1-2H3,(H,31,32)(H,28,29,30)/b4-3+/t17-/m0/s1. The molecule has 1 fully saturated rings. The highest BCUT2D eigenvalue weighted by molar-refractivity contribution is 6.31. The summed E-state index contributed by atoms with van der Waals surface area (Å²) in [4.78, 5) is 21.3. The molecular weight excluding hydrogens is 475 g/mol. The van der Waals surface area contributed by atoms with E-state index >= 15 is 0 Å². The van der Waals surface area contributed by atoms with Gasteiger partial charge in [-0.3, -0.25) is 4.79 Å². The number of carbonyl (C=O) groups excluding carboxylic acids is 1. The van der Waals surface area contributed by atoms with Gasteiger partial charge < -0.3 is 24.8 Å². The van der Waals surface area contributed by atoms with Gasteiger partial charge in [-0.15, -0.1) is 0 Å². The van der Waals surface area contributed by atoms with Gasteiger partial charge in [0.15, 0.2) is 0 Å². The molecule has 1 aliphatic rings. The Kier molecular flexibility index (Phi) is 8.12. The van der Waals surface area contributed by atoms with Crippen molar-refractivity contribution in [3.8, 4) is 5.75 Å². The third kappa shape index (κ3) is 6.66. The van der Waals surface area contributed by atoms with E-state index < -0.39 is 5.82 Å². The number of fused-ring (bicyclic) bond motifs is 1. The van der Waals surface area contributed by atoms with Crippen LogP contribution in [0.25, 0.3) is 10.9 Å². The summed E-state index contributed by atoms with van der Waals surface area (Å²) in [7, 11) is 0. The number of halogens is 2. The number of carbonyl (C=O) groups is 1. The van der Waals surface area contributed by atoms with Gasteiger partial charge in [0.25, 0.3) is 0 Å². The summed E-state index contributed by atoms with van der Waals surface area (Å²) in [5, 5.41) is 6.63. The zero-order valence-corrected chi connectivity index (χ0v) is 20.1. The summed E-state index contributed by atoms with van der Waals surface area (Å²) >= 11 is 5.91. The SMILES string of the molecule is CC(C)OC/C=C/C(=O)Nc1cc2c(Nc3ccc(F)c(Cl)c3)ncnc2cc1O[C@H]1CCOC1. The molecule has 8 nitrogen and oxygen atoms in total. The first-order valence-electron chi connectivity index (χ1n) is 11.2. The van der Waals surface area contributed by atoms with Crippen molar-refractivity contribution in [2.24, 2.45) is 0 Å². The molecule has 1 saturated heterocycles. The van der Waals surface area contributed by atoms with Crippen LogP contribution in [0.3, 0.4) is 0 Å². The van der Waals surface area contributed by atoms with Crippen LogP contribution in [0.5, 0.6) is 5.75 Å². The van der Waals surface area contributed by atoms with Gasteiger partial charge in [-0.1, -0.05) is 17.7 Å². The fourth-order valence-electron chi connectivity index (χ4n) is 3.45. The van der Waals surface area contributed by atoms with E-state index in [0.29, 0.717) is 53.7 Å². The van der Waals surface area contributed by atoms with Crippen LogP contribution in [0.4, 0.5) is 21.6 Å². The number of nitrogens with one attached hydrogen (secondary N) is 2. The minimum absolute atomic E-state index is 0.0102. The molecule has 184 valence electrons. The molecule has 0 aliphatic carbocycles. The van der Waals surface area contributed by atoms with Gasteiger partial charge in [0, 0.05) is 29.6 Å². The van der Waals surface area contributed by atoms with Gasteiger partial charge in [0.1, 0.15) is 29.8 Å². The van der Waals surface area contributed by atoms with Crippen LogP contribution in [-0.4, -0.2) is 47.9 Å². The molecule has 35 heavy (non-hydrogen) atoms. The largest absolute Gasteiger partial charge is 0.486 e. The second-order valence-electron chi connectivity index (χ2n) is 8.22. The predicted octanol–water partition coefficient (Wildman–Crippen LogP) is 5.25. The highest BCUT2D eigenvalue weighted by atomic mass is 35.5. The lowest BCUT2D eigenvalue weighted by Crippen LogP contribution is -2.18. The third-order valence-electron chi connectivity index (χ3n) is 5.15. The van der Waals surface area contributed by atoms with E-state index in [2.05, 4.69) is 20.6 Å². The Morgan fingerprint density at radius 1 is 1.31 bits per heavy atom. The van der Waals surface area contributed by atoms with Crippen molar-refractivity contribution in [3.63, 3.8) is 0 Å². The second-order valence-corrected chi connectivity index (χ2v) is 8.63. The Labute approximate surface area is 207 Å². The maximum Gasteiger partial charge on any atom is 0.248 e. The number of aromatic nitrogens is 2. The average Bonchev–Trinajstić information content (AvgIpc) is 3.33. The second kappa shape index (κ2) is 11.4. The van der Waals surface area contributed by atoms with Crippen LogP contribution in [0.2, 0.25) is 5.02 Å². The summed E-state index contributed by atoms with van der Waals surface area (Å²) in [6.45, 7) is 5.27. The van der Waals surface area contributed by atoms with Crippen LogP contribution in [0.1, 0.15) is 20.3 Å². The smallest absolute Gasteiger partial charge is 0.248 e. The summed E-state index contributed by atoms with van der Waals surface area (Å²) in [5.41, 5.74) is 1.61. The highest BCUT2D eigenvalue weighted by Crippen LogP contribution is 2.35. The molecule has 1 atom stereocenters. The Morgan fingerprint density at radius 3 is 2.91 bits per heavy atom. The summed E-state index contributed by atoms with van der Waals surface area (Å²) in [6.07, 6.45) is 5.16. The molecule has 0 unspecified atom stereocenters. The summed E-state index contributed by atoms with van der Waals surface area (Å²) in [6, 6.07) is 7.78. The molecule has 2 heterocycles. The molecule has 0 bridgehead atoms. The van der Waals surface area contributed by atoms with Crippen molar-refractivity contribution in [3.05, 3.63) is 59.7 Å². The van der Waals surface area contributed by atoms with Crippen molar-refractivity contribution in [1.29, 1.82) is 0 Å². The third-order valence-corrected chi connectivity index (χ3v) is 5.44. The van der Waals surface area contributed by atoms with E-state index in [0.717, 1.165) is 6.42 Å². The van der Waals surface area contributed by atoms with Gasteiger partial charge in [-0.2, -0.15) is 0 Å². The Morgan fingerprint density at radius 2 is 2.17 bits per heavy atom. The topological polar surface area (TPSA) is 94.6 Å². The zero-order valence-electron chi connectivity index (χ0n) is 19.4. The highest BCUT2D eigenvalue weighted by Gasteiger charge is 2.20. The molecule has 3 aromatic rings. The maximum atomic E-state index is 13.6. The molecule has 2 aromatic carbocycles. The lowest BCUT2D eigenvalue weighted by Gasteiger charge is -2.17. The van der Waals surface area contributed by atoms with E-state index in [1.807, 2.05) is 13.8 Å². The lowest BCUT2D eigenvalue weighted by molar-refractivity contribution is -0.112. The molecule has 1 aromatic heterocycles. The zero-order chi connectivity index (χ0) is 24.8. The van der Waals surface area contributed by atoms with Crippen LogP contribution in [0.15, 0.2) is 48.8 Å². The van der Waals surface area contributed by atoms with Crippen molar-refractivity contribution >= 4 is 45.6 Å². The number of ether oxygens (including phenoxy) is 3. The summed E-state index contributed by atoms with van der Waals surface area (Å²) in [5.74, 6) is 0.0904. The molecule has 10 heteroatoms. The Balaban J connectivity index is 1.64. The van der Waals surface area contributed by atoms with E-state index in [9.17, 15) is 9.18 Å². The van der Waals surface area contributed by atoms with Gasteiger partial charge in [0.05, 0.1) is 42.2 Å². The Hall–Kier alpha value is -3.27. The van der Waals surface area contributed by atoms with E-state index in [-0.39, 0.29) is 23.1 Å². The molecule has 0 saturated carbocycles. The van der Waals surface area contributed by atoms with Gasteiger partial charge in [-0.05, 0) is 38.1 Å². The number of benzene rings is 2. The molecule has 0 spiro atoms. The molecule has 0 radical (unpaired) electrons. The number of rotatable bonds is 9. The molecular formula is C25H26ClFN4O4. The number of nitrogens with zero attached hydrogens (tertiary/aromatic N) is 2. The molecule has 2 N–H and O–H groups in total. The Bertz CT molecular complexity index is 1230. The number of amides is 1. The lowest BCUT2D eigenvalue weighted by atomic mass is 10.1. The van der Waals surface area contributed by atoms with Crippen molar-refractivity contribution < 1.29 is 23.4 Å². The predicted molar refractivity (Wildman–Crippen MR) is 133 cm³/mol. The molecule has 1 aliphatic heterocycles. The average molecular weight is 501 g/mol. The van der Waals surface area contributed by atoms with E-state index in [1.54, 1.807) is 24.3 Å². The number of anilines is 3. The monoisotopic (exact) mass is 500 g/mol. The van der Waals surface area contributed by atoms with E-state index in [1.165, 1.54) is 24.5 Å². The number of hydrogen-bond acceptors (Lipinski definition) is 7. The molecule has 4 rings (SSSR count). The summed E-state index contributed by atoms with van der Waals surface area (Å²) < 4.78 is 30.5. The van der Waals surface area contributed by atoms with Crippen molar-refractivity contribution in [2.75, 3.05) is 30.5 Å². The van der Waals surface area contributed by atoms with Gasteiger partial charge in [0.2, 0.25) is 5.91 Å². The van der Waals surface area contributed by atoms with Crippen molar-refractivity contribution in [1.82, 2.24) is 9.97 Å².